The highest BCUT2D eigenvalue weighted by atomic mass is 19.4. The van der Waals surface area contributed by atoms with Crippen LogP contribution in [-0.2, 0) is 6.54 Å². The number of hydrogen-bond acceptors (Lipinski definition) is 1. The summed E-state index contributed by atoms with van der Waals surface area (Å²) in [6, 6.07) is 26.7. The van der Waals surface area contributed by atoms with Crippen molar-refractivity contribution in [2.45, 2.75) is 25.7 Å². The molecule has 0 aliphatic rings. The van der Waals surface area contributed by atoms with Crippen molar-refractivity contribution in [1.82, 2.24) is 4.90 Å². The van der Waals surface area contributed by atoms with Gasteiger partial charge in [0.1, 0.15) is 5.70 Å². The van der Waals surface area contributed by atoms with Crippen LogP contribution in [0.1, 0.15) is 29.7 Å². The Morgan fingerprint density at radius 1 is 0.821 bits per heavy atom. The summed E-state index contributed by atoms with van der Waals surface area (Å²) in [6.07, 6.45) is -3.25. The highest BCUT2D eigenvalue weighted by Crippen LogP contribution is 2.37. The Balaban J connectivity index is 2.07. The minimum Gasteiger partial charge on any atom is -0.356 e. The molecular weight excluding hydrogens is 359 g/mol. The second kappa shape index (κ2) is 8.79. The van der Waals surface area contributed by atoms with Crippen LogP contribution in [0.4, 0.5) is 13.2 Å². The average molecular weight is 381 g/mol. The van der Waals surface area contributed by atoms with Crippen molar-refractivity contribution in [2.75, 3.05) is 0 Å². The maximum Gasteiger partial charge on any atom is 0.431 e. The van der Waals surface area contributed by atoms with Crippen LogP contribution in [0.25, 0.3) is 6.08 Å². The van der Waals surface area contributed by atoms with E-state index in [-0.39, 0.29) is 6.54 Å². The molecule has 0 fully saturated rings. The molecule has 4 heteroatoms. The number of halogens is 3. The van der Waals surface area contributed by atoms with Crippen molar-refractivity contribution in [3.8, 4) is 0 Å². The summed E-state index contributed by atoms with van der Waals surface area (Å²) in [5.74, 6) is 0. The third-order valence-corrected chi connectivity index (χ3v) is 4.65. The Bertz CT molecular complexity index is 887. The minimum atomic E-state index is -4.48. The maximum absolute atomic E-state index is 14.1. The minimum absolute atomic E-state index is 0.162. The van der Waals surface area contributed by atoms with E-state index in [2.05, 4.69) is 0 Å². The van der Waals surface area contributed by atoms with Crippen LogP contribution in [0.2, 0.25) is 0 Å². The Hall–Kier alpha value is -3.01. The standard InChI is InChI=1S/C24H22F3N/c1-19(22-15-9-4-10-16-22)28(18-21-13-7-3-8-14-21)23(24(25,26)27)17-20-11-5-2-6-12-20/h2-17,19H,18H2,1H3/b23-17-. The van der Waals surface area contributed by atoms with E-state index in [0.717, 1.165) is 11.1 Å². The van der Waals surface area contributed by atoms with Crippen molar-refractivity contribution >= 4 is 6.08 Å². The van der Waals surface area contributed by atoms with Gasteiger partial charge in [-0.25, -0.2) is 0 Å². The normalized spacial score (nSPS) is 13.2. The van der Waals surface area contributed by atoms with Crippen molar-refractivity contribution in [3.05, 3.63) is 113 Å². The Morgan fingerprint density at radius 3 is 1.86 bits per heavy atom. The molecule has 1 nitrogen and oxygen atoms in total. The van der Waals surface area contributed by atoms with Gasteiger partial charge in [0.25, 0.3) is 0 Å². The molecule has 0 bridgehead atoms. The summed E-state index contributed by atoms with van der Waals surface area (Å²) in [5, 5.41) is 0. The Kier molecular flexibility index (Phi) is 6.19. The third kappa shape index (κ3) is 5.03. The molecule has 0 amide bonds. The van der Waals surface area contributed by atoms with Crippen molar-refractivity contribution < 1.29 is 13.2 Å². The van der Waals surface area contributed by atoms with Crippen LogP contribution in [0.3, 0.4) is 0 Å². The number of allylic oxidation sites excluding steroid dienone is 1. The number of alkyl halides is 3. The van der Waals surface area contributed by atoms with E-state index < -0.39 is 17.9 Å². The predicted molar refractivity (Wildman–Crippen MR) is 107 cm³/mol. The first-order valence-corrected chi connectivity index (χ1v) is 9.14. The molecule has 0 radical (unpaired) electrons. The van der Waals surface area contributed by atoms with Gasteiger partial charge in [0, 0.05) is 6.54 Å². The first-order chi connectivity index (χ1) is 13.4. The van der Waals surface area contributed by atoms with E-state index in [1.165, 1.54) is 11.0 Å². The van der Waals surface area contributed by atoms with Crippen LogP contribution in [-0.4, -0.2) is 11.1 Å². The summed E-state index contributed by atoms with van der Waals surface area (Å²) in [7, 11) is 0. The van der Waals surface area contributed by atoms with Gasteiger partial charge in [0.2, 0.25) is 0 Å². The summed E-state index contributed by atoms with van der Waals surface area (Å²) in [4.78, 5) is 1.43. The van der Waals surface area contributed by atoms with Gasteiger partial charge in [-0.2, -0.15) is 13.2 Å². The number of rotatable bonds is 6. The number of nitrogens with zero attached hydrogens (tertiary/aromatic N) is 1. The van der Waals surface area contributed by atoms with Gasteiger partial charge in [-0.1, -0.05) is 91.0 Å². The van der Waals surface area contributed by atoms with Crippen molar-refractivity contribution in [3.63, 3.8) is 0 Å². The smallest absolute Gasteiger partial charge is 0.356 e. The molecule has 1 unspecified atom stereocenters. The highest BCUT2D eigenvalue weighted by Gasteiger charge is 2.39. The van der Waals surface area contributed by atoms with E-state index in [9.17, 15) is 13.2 Å². The van der Waals surface area contributed by atoms with E-state index >= 15 is 0 Å². The summed E-state index contributed by atoms with van der Waals surface area (Å²) < 4.78 is 42.4. The molecule has 0 aromatic heterocycles. The topological polar surface area (TPSA) is 3.24 Å². The van der Waals surface area contributed by atoms with Gasteiger partial charge in [-0.05, 0) is 29.7 Å². The van der Waals surface area contributed by atoms with E-state index in [1.807, 2.05) is 67.6 Å². The van der Waals surface area contributed by atoms with Gasteiger partial charge in [0.15, 0.2) is 0 Å². The van der Waals surface area contributed by atoms with E-state index in [0.29, 0.717) is 5.56 Å². The van der Waals surface area contributed by atoms with Gasteiger partial charge < -0.3 is 4.90 Å². The molecular formula is C24H22F3N. The van der Waals surface area contributed by atoms with Gasteiger partial charge in [-0.3, -0.25) is 0 Å². The van der Waals surface area contributed by atoms with Gasteiger partial charge >= 0.3 is 6.18 Å². The SMILES string of the molecule is CC(c1ccccc1)N(Cc1ccccc1)/C(=C\c1ccccc1)C(F)(F)F. The lowest BCUT2D eigenvalue weighted by molar-refractivity contribution is -0.114. The molecule has 3 aromatic rings. The average Bonchev–Trinajstić information content (AvgIpc) is 2.71. The molecule has 0 saturated heterocycles. The Morgan fingerprint density at radius 2 is 1.32 bits per heavy atom. The molecule has 0 spiro atoms. The molecule has 0 aliphatic carbocycles. The molecule has 3 rings (SSSR count). The summed E-state index contributed by atoms with van der Waals surface area (Å²) in [6.45, 7) is 1.97. The summed E-state index contributed by atoms with van der Waals surface area (Å²) >= 11 is 0. The molecule has 28 heavy (non-hydrogen) atoms. The fraction of sp³-hybridized carbons (Fsp3) is 0.167. The Labute approximate surface area is 163 Å². The molecule has 1 atom stereocenters. The molecule has 0 N–H and O–H groups in total. The van der Waals surface area contributed by atoms with Crippen molar-refractivity contribution in [2.24, 2.45) is 0 Å². The fourth-order valence-corrected chi connectivity index (χ4v) is 3.16. The third-order valence-electron chi connectivity index (χ3n) is 4.65. The molecule has 0 aliphatic heterocycles. The first-order valence-electron chi connectivity index (χ1n) is 9.14. The van der Waals surface area contributed by atoms with Gasteiger partial charge in [-0.15, -0.1) is 0 Å². The zero-order chi connectivity index (χ0) is 20.0. The summed E-state index contributed by atoms with van der Waals surface area (Å²) in [5.41, 5.74) is 1.53. The molecule has 144 valence electrons. The molecule has 0 saturated carbocycles. The highest BCUT2D eigenvalue weighted by molar-refractivity contribution is 5.53. The fourth-order valence-electron chi connectivity index (χ4n) is 3.16. The number of benzene rings is 3. The van der Waals surface area contributed by atoms with Crippen LogP contribution >= 0.6 is 0 Å². The van der Waals surface area contributed by atoms with Crippen molar-refractivity contribution in [1.29, 1.82) is 0 Å². The molecule has 0 heterocycles. The first kappa shape index (κ1) is 19.7. The lowest BCUT2D eigenvalue weighted by Gasteiger charge is -2.35. The number of hydrogen-bond donors (Lipinski definition) is 0. The molecule has 3 aromatic carbocycles. The second-order valence-corrected chi connectivity index (χ2v) is 6.64. The zero-order valence-corrected chi connectivity index (χ0v) is 15.6. The van der Waals surface area contributed by atoms with Crippen LogP contribution in [0, 0.1) is 0 Å². The lowest BCUT2D eigenvalue weighted by Crippen LogP contribution is -2.33. The maximum atomic E-state index is 14.1. The van der Waals surface area contributed by atoms with Crippen LogP contribution in [0.15, 0.2) is 96.7 Å². The predicted octanol–water partition coefficient (Wildman–Crippen LogP) is 6.85. The zero-order valence-electron chi connectivity index (χ0n) is 15.6. The lowest BCUT2D eigenvalue weighted by atomic mass is 10.0. The van der Waals surface area contributed by atoms with Gasteiger partial charge in [0.05, 0.1) is 6.04 Å². The largest absolute Gasteiger partial charge is 0.431 e. The quantitative estimate of drug-likeness (QED) is 0.451. The van der Waals surface area contributed by atoms with Crippen LogP contribution < -0.4 is 0 Å². The second-order valence-electron chi connectivity index (χ2n) is 6.64. The monoisotopic (exact) mass is 381 g/mol. The van der Waals surface area contributed by atoms with E-state index in [1.54, 1.807) is 30.3 Å². The van der Waals surface area contributed by atoms with Crippen LogP contribution in [0.5, 0.6) is 0 Å². The van der Waals surface area contributed by atoms with E-state index in [4.69, 9.17) is 0 Å².